The van der Waals surface area contributed by atoms with Crippen molar-refractivity contribution in [3.63, 3.8) is 0 Å². The number of hydrogen-bond donors (Lipinski definition) is 1. The van der Waals surface area contributed by atoms with Crippen molar-refractivity contribution in [2.24, 2.45) is 0 Å². The Hall–Kier alpha value is -1.96. The summed E-state index contributed by atoms with van der Waals surface area (Å²) in [6.45, 7) is 1.49. The maximum absolute atomic E-state index is 12.6. The summed E-state index contributed by atoms with van der Waals surface area (Å²) in [4.78, 5) is 12.6. The van der Waals surface area contributed by atoms with Gasteiger partial charge in [0.1, 0.15) is 11.8 Å². The molecule has 0 aromatic heterocycles. The van der Waals surface area contributed by atoms with Crippen LogP contribution in [0.2, 0.25) is 10.0 Å². The lowest BCUT2D eigenvalue weighted by molar-refractivity contribution is -0.116. The number of benzene rings is 2. The van der Waals surface area contributed by atoms with Crippen LogP contribution in [0.5, 0.6) is 5.75 Å². The van der Waals surface area contributed by atoms with Gasteiger partial charge in [-0.15, -0.1) is 0 Å². The van der Waals surface area contributed by atoms with Crippen LogP contribution >= 0.6 is 23.2 Å². The molecule has 1 amide bonds. The molecule has 0 fully saturated rings. The molecule has 0 saturated heterocycles. The molecule has 1 N–H and O–H groups in total. The summed E-state index contributed by atoms with van der Waals surface area (Å²) in [7, 11) is -2.21. The lowest BCUT2D eigenvalue weighted by Gasteiger charge is -2.28. The minimum absolute atomic E-state index is 0.185. The number of ether oxygens (including phenoxy) is 1. The molecule has 0 saturated carbocycles. The summed E-state index contributed by atoms with van der Waals surface area (Å²) >= 11 is 12.0. The number of methoxy groups -OCH3 is 1. The highest BCUT2D eigenvalue weighted by Gasteiger charge is 2.29. The normalized spacial score (nSPS) is 12.3. The van der Waals surface area contributed by atoms with Crippen molar-refractivity contribution in [3.05, 3.63) is 52.5 Å². The van der Waals surface area contributed by atoms with Crippen molar-refractivity contribution >= 4 is 50.5 Å². The van der Waals surface area contributed by atoms with Crippen LogP contribution < -0.4 is 14.4 Å². The second-order valence-corrected chi connectivity index (χ2v) is 8.17. The monoisotopic (exact) mass is 416 g/mol. The van der Waals surface area contributed by atoms with Crippen molar-refractivity contribution < 1.29 is 17.9 Å². The number of rotatable bonds is 6. The number of anilines is 2. The average Bonchev–Trinajstić information content (AvgIpc) is 2.58. The van der Waals surface area contributed by atoms with Crippen LogP contribution in [0.4, 0.5) is 11.4 Å². The molecule has 26 heavy (non-hydrogen) atoms. The molecule has 0 heterocycles. The molecule has 0 bridgehead atoms. The SMILES string of the molecule is COc1ccc(N([C@@H](C)C(=O)Nc2cccc(Cl)c2Cl)S(C)(=O)=O)cc1. The molecule has 6 nitrogen and oxygen atoms in total. The van der Waals surface area contributed by atoms with E-state index in [0.717, 1.165) is 10.6 Å². The number of carbonyl (C=O) groups is 1. The number of sulfonamides is 1. The van der Waals surface area contributed by atoms with E-state index < -0.39 is 22.0 Å². The fourth-order valence-electron chi connectivity index (χ4n) is 2.38. The zero-order valence-electron chi connectivity index (χ0n) is 14.4. The minimum atomic E-state index is -3.72. The fourth-order valence-corrected chi connectivity index (χ4v) is 3.90. The van der Waals surface area contributed by atoms with E-state index in [1.165, 1.54) is 14.0 Å². The number of nitrogens with one attached hydrogen (secondary N) is 1. The number of halogens is 2. The van der Waals surface area contributed by atoms with Crippen LogP contribution in [-0.2, 0) is 14.8 Å². The molecule has 0 aliphatic carbocycles. The Morgan fingerprint density at radius 1 is 1.15 bits per heavy atom. The Morgan fingerprint density at radius 2 is 1.77 bits per heavy atom. The van der Waals surface area contributed by atoms with Crippen molar-refractivity contribution in [2.45, 2.75) is 13.0 Å². The van der Waals surface area contributed by atoms with Gasteiger partial charge >= 0.3 is 0 Å². The van der Waals surface area contributed by atoms with E-state index in [-0.39, 0.29) is 10.0 Å². The number of amides is 1. The molecule has 2 rings (SSSR count). The van der Waals surface area contributed by atoms with Gasteiger partial charge in [0.2, 0.25) is 15.9 Å². The van der Waals surface area contributed by atoms with Gasteiger partial charge in [0.25, 0.3) is 0 Å². The summed E-state index contributed by atoms with van der Waals surface area (Å²) in [5.41, 5.74) is 0.646. The van der Waals surface area contributed by atoms with Crippen molar-refractivity contribution in [3.8, 4) is 5.75 Å². The maximum Gasteiger partial charge on any atom is 0.248 e. The van der Waals surface area contributed by atoms with E-state index in [1.807, 2.05) is 0 Å². The Bertz CT molecular complexity index is 901. The van der Waals surface area contributed by atoms with Crippen molar-refractivity contribution in [1.29, 1.82) is 0 Å². The number of hydrogen-bond acceptors (Lipinski definition) is 4. The molecule has 0 spiro atoms. The first-order valence-electron chi connectivity index (χ1n) is 7.53. The second kappa shape index (κ2) is 8.16. The standard InChI is InChI=1S/C17H18Cl2N2O4S/c1-11(17(22)20-15-6-4-5-14(18)16(15)19)21(26(3,23)24)12-7-9-13(25-2)10-8-12/h4-11H,1-3H3,(H,20,22)/t11-/m0/s1. The molecule has 1 atom stereocenters. The zero-order valence-corrected chi connectivity index (χ0v) is 16.7. The third-order valence-corrected chi connectivity index (χ3v) is 5.69. The molecule has 9 heteroatoms. The van der Waals surface area contributed by atoms with Gasteiger partial charge in [0, 0.05) is 0 Å². The summed E-state index contributed by atoms with van der Waals surface area (Å²) in [6, 6.07) is 10.1. The van der Waals surface area contributed by atoms with Gasteiger partial charge in [-0.25, -0.2) is 8.42 Å². The van der Waals surface area contributed by atoms with Gasteiger partial charge in [-0.1, -0.05) is 29.3 Å². The molecule has 2 aromatic rings. The molecule has 0 unspecified atom stereocenters. The second-order valence-electron chi connectivity index (χ2n) is 5.52. The molecule has 140 valence electrons. The van der Waals surface area contributed by atoms with Crippen LogP contribution in [0.1, 0.15) is 6.92 Å². The van der Waals surface area contributed by atoms with E-state index in [4.69, 9.17) is 27.9 Å². The van der Waals surface area contributed by atoms with Crippen LogP contribution in [0.15, 0.2) is 42.5 Å². The third-order valence-electron chi connectivity index (χ3n) is 3.62. The largest absolute Gasteiger partial charge is 0.497 e. The number of nitrogens with zero attached hydrogens (tertiary/aromatic N) is 1. The van der Waals surface area contributed by atoms with E-state index in [2.05, 4.69) is 5.32 Å². The lowest BCUT2D eigenvalue weighted by Crippen LogP contribution is -2.45. The average molecular weight is 417 g/mol. The van der Waals surface area contributed by atoms with Gasteiger partial charge in [-0.3, -0.25) is 9.10 Å². The van der Waals surface area contributed by atoms with E-state index >= 15 is 0 Å². The summed E-state index contributed by atoms with van der Waals surface area (Å²) < 4.78 is 30.6. The molecule has 0 aliphatic heterocycles. The lowest BCUT2D eigenvalue weighted by atomic mass is 10.2. The van der Waals surface area contributed by atoms with Crippen molar-refractivity contribution in [2.75, 3.05) is 23.0 Å². The number of carbonyl (C=O) groups excluding carboxylic acids is 1. The van der Waals surface area contributed by atoms with E-state index in [1.54, 1.807) is 42.5 Å². The van der Waals surface area contributed by atoms with Gasteiger partial charge in [-0.05, 0) is 43.3 Å². The Balaban J connectivity index is 2.32. The Labute approximate surface area is 162 Å². The van der Waals surface area contributed by atoms with Crippen LogP contribution in [-0.4, -0.2) is 33.7 Å². The van der Waals surface area contributed by atoms with Gasteiger partial charge in [0.05, 0.1) is 34.8 Å². The first-order chi connectivity index (χ1) is 12.1. The molecular weight excluding hydrogens is 399 g/mol. The smallest absolute Gasteiger partial charge is 0.248 e. The first-order valence-corrected chi connectivity index (χ1v) is 10.1. The van der Waals surface area contributed by atoms with Gasteiger partial charge < -0.3 is 10.1 Å². The summed E-state index contributed by atoms with van der Waals surface area (Å²) in [5.74, 6) is 0.0282. The summed E-state index contributed by atoms with van der Waals surface area (Å²) in [6.07, 6.45) is 1.04. The Kier molecular flexibility index (Phi) is 6.39. The molecule has 2 aromatic carbocycles. The van der Waals surface area contributed by atoms with Crippen molar-refractivity contribution in [1.82, 2.24) is 0 Å². The molecule has 0 aliphatic rings. The van der Waals surface area contributed by atoms with Crippen LogP contribution in [0.3, 0.4) is 0 Å². The van der Waals surface area contributed by atoms with Crippen LogP contribution in [0, 0.1) is 0 Å². The van der Waals surface area contributed by atoms with Gasteiger partial charge in [-0.2, -0.15) is 0 Å². The Morgan fingerprint density at radius 3 is 2.31 bits per heavy atom. The summed E-state index contributed by atoms with van der Waals surface area (Å²) in [5, 5.41) is 3.08. The molecular formula is C17H18Cl2N2O4S. The minimum Gasteiger partial charge on any atom is -0.497 e. The van der Waals surface area contributed by atoms with E-state index in [9.17, 15) is 13.2 Å². The predicted molar refractivity (Wildman–Crippen MR) is 105 cm³/mol. The van der Waals surface area contributed by atoms with E-state index in [0.29, 0.717) is 17.1 Å². The van der Waals surface area contributed by atoms with Gasteiger partial charge in [0.15, 0.2) is 0 Å². The maximum atomic E-state index is 12.6. The predicted octanol–water partition coefficient (Wildman–Crippen LogP) is 3.80. The topological polar surface area (TPSA) is 75.7 Å². The zero-order chi connectivity index (χ0) is 19.5. The highest BCUT2D eigenvalue weighted by atomic mass is 35.5. The third kappa shape index (κ3) is 4.60. The highest BCUT2D eigenvalue weighted by Crippen LogP contribution is 2.30. The fraction of sp³-hybridized carbons (Fsp3) is 0.235. The highest BCUT2D eigenvalue weighted by molar-refractivity contribution is 7.92. The first kappa shape index (κ1) is 20.4. The quantitative estimate of drug-likeness (QED) is 0.776. The molecule has 0 radical (unpaired) electrons. The van der Waals surface area contributed by atoms with Crippen LogP contribution in [0.25, 0.3) is 0 Å².